The van der Waals surface area contributed by atoms with Crippen molar-refractivity contribution in [2.45, 2.75) is 38.0 Å². The predicted molar refractivity (Wildman–Crippen MR) is 69.9 cm³/mol. The Bertz CT molecular complexity index is 410. The molecule has 0 heterocycles. The lowest BCUT2D eigenvalue weighted by Gasteiger charge is -2.42. The van der Waals surface area contributed by atoms with E-state index < -0.39 is 0 Å². The summed E-state index contributed by atoms with van der Waals surface area (Å²) in [4.78, 5) is 11.1. The van der Waals surface area contributed by atoms with Crippen LogP contribution in [0.15, 0.2) is 24.3 Å². The van der Waals surface area contributed by atoms with Crippen LogP contribution < -0.4 is 11.1 Å². The van der Waals surface area contributed by atoms with E-state index in [0.717, 1.165) is 18.7 Å². The van der Waals surface area contributed by atoms with E-state index in [1.807, 2.05) is 12.1 Å². The number of hydrogen-bond acceptors (Lipinski definition) is 2. The lowest BCUT2D eigenvalue weighted by Crippen LogP contribution is -2.36. The molecule has 1 amide bonds. The van der Waals surface area contributed by atoms with Gasteiger partial charge < -0.3 is 11.1 Å². The van der Waals surface area contributed by atoms with E-state index in [-0.39, 0.29) is 11.3 Å². The molecule has 3 heteroatoms. The lowest BCUT2D eigenvalue weighted by molar-refractivity contribution is -0.114. The largest absolute Gasteiger partial charge is 0.330 e. The first-order valence-electron chi connectivity index (χ1n) is 6.24. The van der Waals surface area contributed by atoms with Gasteiger partial charge in [0.15, 0.2) is 0 Å². The van der Waals surface area contributed by atoms with Crippen LogP contribution >= 0.6 is 0 Å². The number of amides is 1. The molecule has 0 atom stereocenters. The SMILES string of the molecule is CC(=O)Nc1cccc(C2(CCN)CCC2)c1. The molecule has 0 unspecified atom stereocenters. The summed E-state index contributed by atoms with van der Waals surface area (Å²) in [6.45, 7) is 2.26. The molecule has 1 aromatic carbocycles. The van der Waals surface area contributed by atoms with Crippen LogP contribution in [0.3, 0.4) is 0 Å². The lowest BCUT2D eigenvalue weighted by atomic mass is 9.62. The second-order valence-electron chi connectivity index (χ2n) is 4.93. The molecule has 3 nitrogen and oxygen atoms in total. The Morgan fingerprint density at radius 2 is 2.24 bits per heavy atom. The van der Waals surface area contributed by atoms with Gasteiger partial charge in [0.1, 0.15) is 0 Å². The zero-order valence-electron chi connectivity index (χ0n) is 10.3. The van der Waals surface area contributed by atoms with Gasteiger partial charge in [-0.1, -0.05) is 18.6 Å². The molecule has 1 aliphatic carbocycles. The van der Waals surface area contributed by atoms with Gasteiger partial charge in [0.05, 0.1) is 0 Å². The summed E-state index contributed by atoms with van der Waals surface area (Å²) in [5.74, 6) is -0.0244. The molecule has 0 aromatic heterocycles. The zero-order valence-corrected chi connectivity index (χ0v) is 10.3. The topological polar surface area (TPSA) is 55.1 Å². The highest BCUT2D eigenvalue weighted by Crippen LogP contribution is 2.46. The molecular formula is C14H20N2O. The summed E-state index contributed by atoms with van der Waals surface area (Å²) >= 11 is 0. The van der Waals surface area contributed by atoms with Gasteiger partial charge in [-0.05, 0) is 48.9 Å². The minimum atomic E-state index is -0.0244. The molecule has 2 rings (SSSR count). The summed E-state index contributed by atoms with van der Waals surface area (Å²) in [7, 11) is 0. The van der Waals surface area contributed by atoms with Crippen LogP contribution in [-0.2, 0) is 10.2 Å². The molecule has 0 saturated heterocycles. The standard InChI is InChI=1S/C14H20N2O/c1-11(17)16-13-5-2-4-12(10-13)14(8-9-15)6-3-7-14/h2,4-5,10H,3,6-9,15H2,1H3,(H,16,17). The van der Waals surface area contributed by atoms with E-state index in [9.17, 15) is 4.79 Å². The number of rotatable bonds is 4. The minimum Gasteiger partial charge on any atom is -0.330 e. The van der Waals surface area contributed by atoms with Crippen molar-refractivity contribution in [2.24, 2.45) is 5.73 Å². The number of nitrogens with one attached hydrogen (secondary N) is 1. The maximum atomic E-state index is 11.1. The van der Waals surface area contributed by atoms with Gasteiger partial charge in [-0.15, -0.1) is 0 Å². The van der Waals surface area contributed by atoms with Gasteiger partial charge in [-0.25, -0.2) is 0 Å². The van der Waals surface area contributed by atoms with Crippen molar-refractivity contribution in [3.05, 3.63) is 29.8 Å². The van der Waals surface area contributed by atoms with E-state index in [2.05, 4.69) is 17.4 Å². The van der Waals surface area contributed by atoms with Crippen LogP contribution in [0.5, 0.6) is 0 Å². The summed E-state index contributed by atoms with van der Waals surface area (Å²) in [5, 5.41) is 2.84. The normalized spacial score (nSPS) is 17.3. The summed E-state index contributed by atoms with van der Waals surface area (Å²) in [6.07, 6.45) is 4.75. The molecule has 1 fully saturated rings. The molecule has 0 radical (unpaired) electrons. The molecule has 0 aliphatic heterocycles. The van der Waals surface area contributed by atoms with E-state index in [0.29, 0.717) is 0 Å². The molecule has 1 saturated carbocycles. The van der Waals surface area contributed by atoms with E-state index in [1.54, 1.807) is 0 Å². The quantitative estimate of drug-likeness (QED) is 0.837. The first-order valence-corrected chi connectivity index (χ1v) is 6.24. The average molecular weight is 232 g/mol. The maximum Gasteiger partial charge on any atom is 0.221 e. The Labute approximate surface area is 102 Å². The van der Waals surface area contributed by atoms with Crippen molar-refractivity contribution in [3.63, 3.8) is 0 Å². The van der Waals surface area contributed by atoms with Crippen LogP contribution in [0, 0.1) is 0 Å². The number of carbonyl (C=O) groups excluding carboxylic acids is 1. The van der Waals surface area contributed by atoms with Crippen molar-refractivity contribution in [1.82, 2.24) is 0 Å². The fourth-order valence-corrected chi connectivity index (χ4v) is 2.69. The fraction of sp³-hybridized carbons (Fsp3) is 0.500. The van der Waals surface area contributed by atoms with Crippen molar-refractivity contribution < 1.29 is 4.79 Å². The number of anilines is 1. The summed E-state index contributed by atoms with van der Waals surface area (Å²) < 4.78 is 0. The zero-order chi connectivity index (χ0) is 12.3. The predicted octanol–water partition coefficient (Wildman–Crippen LogP) is 2.42. The van der Waals surface area contributed by atoms with Crippen molar-refractivity contribution in [3.8, 4) is 0 Å². The Balaban J connectivity index is 2.22. The van der Waals surface area contributed by atoms with Gasteiger partial charge in [-0.2, -0.15) is 0 Å². The number of benzene rings is 1. The van der Waals surface area contributed by atoms with Gasteiger partial charge >= 0.3 is 0 Å². The third-order valence-electron chi connectivity index (χ3n) is 3.73. The molecule has 1 aliphatic rings. The highest BCUT2D eigenvalue weighted by Gasteiger charge is 2.37. The molecule has 1 aromatic rings. The highest BCUT2D eigenvalue weighted by molar-refractivity contribution is 5.88. The number of hydrogen-bond donors (Lipinski definition) is 2. The Hall–Kier alpha value is -1.35. The third-order valence-corrected chi connectivity index (χ3v) is 3.73. The summed E-state index contributed by atoms with van der Waals surface area (Å²) in [6, 6.07) is 8.19. The van der Waals surface area contributed by atoms with Crippen LogP contribution in [0.2, 0.25) is 0 Å². The van der Waals surface area contributed by atoms with Gasteiger partial charge in [-0.3, -0.25) is 4.79 Å². The number of nitrogens with two attached hydrogens (primary N) is 1. The van der Waals surface area contributed by atoms with Gasteiger partial charge in [0.2, 0.25) is 5.91 Å². The van der Waals surface area contributed by atoms with Crippen LogP contribution in [0.1, 0.15) is 38.2 Å². The molecular weight excluding hydrogens is 212 g/mol. The first-order chi connectivity index (χ1) is 8.16. The highest BCUT2D eigenvalue weighted by atomic mass is 16.1. The third kappa shape index (κ3) is 2.50. The molecule has 17 heavy (non-hydrogen) atoms. The first kappa shape index (κ1) is 12.1. The second kappa shape index (κ2) is 4.88. The van der Waals surface area contributed by atoms with Crippen LogP contribution in [0.25, 0.3) is 0 Å². The smallest absolute Gasteiger partial charge is 0.221 e. The Kier molecular flexibility index (Phi) is 3.48. The summed E-state index contributed by atoms with van der Waals surface area (Å²) in [5.41, 5.74) is 8.18. The van der Waals surface area contributed by atoms with Crippen LogP contribution in [-0.4, -0.2) is 12.5 Å². The molecule has 92 valence electrons. The van der Waals surface area contributed by atoms with Gasteiger partial charge in [0, 0.05) is 12.6 Å². The van der Waals surface area contributed by atoms with Crippen LogP contribution in [0.4, 0.5) is 5.69 Å². The maximum absolute atomic E-state index is 11.1. The Morgan fingerprint density at radius 1 is 1.47 bits per heavy atom. The second-order valence-corrected chi connectivity index (χ2v) is 4.93. The molecule has 0 spiro atoms. The Morgan fingerprint density at radius 3 is 2.76 bits per heavy atom. The fourth-order valence-electron chi connectivity index (χ4n) is 2.69. The monoisotopic (exact) mass is 232 g/mol. The average Bonchev–Trinajstić information content (AvgIpc) is 2.23. The molecule has 3 N–H and O–H groups in total. The van der Waals surface area contributed by atoms with E-state index >= 15 is 0 Å². The van der Waals surface area contributed by atoms with Crippen molar-refractivity contribution >= 4 is 11.6 Å². The van der Waals surface area contributed by atoms with Crippen molar-refractivity contribution in [2.75, 3.05) is 11.9 Å². The number of carbonyl (C=O) groups is 1. The molecule has 0 bridgehead atoms. The van der Waals surface area contributed by atoms with E-state index in [4.69, 9.17) is 5.73 Å². The van der Waals surface area contributed by atoms with Gasteiger partial charge in [0.25, 0.3) is 0 Å². The van der Waals surface area contributed by atoms with Crippen molar-refractivity contribution in [1.29, 1.82) is 0 Å². The minimum absolute atomic E-state index is 0.0244. The van der Waals surface area contributed by atoms with E-state index in [1.165, 1.54) is 31.7 Å².